The molecule has 2 amide bonds. The van der Waals surface area contributed by atoms with Crippen molar-refractivity contribution < 1.29 is 9.59 Å². The van der Waals surface area contributed by atoms with Gasteiger partial charge in [0.2, 0.25) is 5.91 Å². The molecule has 8 nitrogen and oxygen atoms in total. The molecule has 0 unspecified atom stereocenters. The van der Waals surface area contributed by atoms with E-state index in [1.807, 2.05) is 54.2 Å². The Morgan fingerprint density at radius 3 is 2.38 bits per heavy atom. The number of rotatable bonds is 10. The van der Waals surface area contributed by atoms with Crippen molar-refractivity contribution in [2.45, 2.75) is 6.54 Å². The molecule has 0 bridgehead atoms. The van der Waals surface area contributed by atoms with Gasteiger partial charge >= 0.3 is 0 Å². The van der Waals surface area contributed by atoms with Crippen molar-refractivity contribution in [3.63, 3.8) is 0 Å². The van der Waals surface area contributed by atoms with Crippen LogP contribution in [0, 0.1) is 0 Å². The van der Waals surface area contributed by atoms with Crippen LogP contribution in [-0.4, -0.2) is 96.3 Å². The fourth-order valence-corrected chi connectivity index (χ4v) is 4.90. The molecule has 37 heavy (non-hydrogen) atoms. The third-order valence-electron chi connectivity index (χ3n) is 6.22. The number of benzene rings is 2. The molecule has 4 rings (SSSR count). The monoisotopic (exact) mass is 540 g/mol. The van der Waals surface area contributed by atoms with Gasteiger partial charge in [-0.15, -0.1) is 11.3 Å². The number of amides is 2. The van der Waals surface area contributed by atoms with Crippen LogP contribution in [0.3, 0.4) is 0 Å². The van der Waals surface area contributed by atoms with Gasteiger partial charge in [-0.3, -0.25) is 14.5 Å². The van der Waals surface area contributed by atoms with E-state index in [-0.39, 0.29) is 11.8 Å². The lowest BCUT2D eigenvalue weighted by Crippen LogP contribution is -2.52. The lowest BCUT2D eigenvalue weighted by atomic mass is 10.2. The second-order valence-corrected chi connectivity index (χ2v) is 10.6. The smallest absolute Gasteiger partial charge is 0.273 e. The van der Waals surface area contributed by atoms with Crippen LogP contribution >= 0.6 is 22.9 Å². The minimum atomic E-state index is -0.0805. The number of likely N-dealkylation sites (N-methyl/N-ethyl adjacent to an activating group) is 1. The molecule has 0 radical (unpaired) electrons. The predicted octanol–water partition coefficient (Wildman–Crippen LogP) is 3.89. The minimum Gasteiger partial charge on any atom is -0.336 e. The van der Waals surface area contributed by atoms with Crippen LogP contribution in [-0.2, 0) is 11.3 Å². The summed E-state index contributed by atoms with van der Waals surface area (Å²) in [7, 11) is 4.03. The highest BCUT2D eigenvalue weighted by atomic mass is 35.5. The zero-order valence-electron chi connectivity index (χ0n) is 21.3. The molecule has 1 aromatic heterocycles. The zero-order chi connectivity index (χ0) is 26.2. The number of hydrogen-bond acceptors (Lipinski definition) is 7. The molecule has 196 valence electrons. The molecule has 1 N–H and O–H groups in total. The maximum atomic E-state index is 13.2. The van der Waals surface area contributed by atoms with Crippen molar-refractivity contribution in [3.05, 3.63) is 76.3 Å². The number of nitrogens with one attached hydrogen (secondary N) is 1. The summed E-state index contributed by atoms with van der Waals surface area (Å²) in [5, 5.41) is 6.31. The van der Waals surface area contributed by atoms with E-state index in [0.717, 1.165) is 17.8 Å². The van der Waals surface area contributed by atoms with E-state index in [9.17, 15) is 9.59 Å². The Hall–Kier alpha value is -2.98. The summed E-state index contributed by atoms with van der Waals surface area (Å²) < 4.78 is 0. The van der Waals surface area contributed by atoms with Crippen LogP contribution < -0.4 is 5.32 Å². The summed E-state index contributed by atoms with van der Waals surface area (Å²) in [5.74, 6) is 0.0333. The van der Waals surface area contributed by atoms with Crippen LogP contribution in [0.1, 0.15) is 16.1 Å². The lowest BCUT2D eigenvalue weighted by molar-refractivity contribution is -0.133. The highest BCUT2D eigenvalue weighted by Gasteiger charge is 2.26. The summed E-state index contributed by atoms with van der Waals surface area (Å²) in [6, 6.07) is 17.4. The summed E-state index contributed by atoms with van der Waals surface area (Å²) in [4.78, 5) is 38.7. The van der Waals surface area contributed by atoms with Gasteiger partial charge in [0.15, 0.2) is 5.13 Å². The Labute approximate surface area is 227 Å². The summed E-state index contributed by atoms with van der Waals surface area (Å²) in [6.45, 7) is 4.89. The van der Waals surface area contributed by atoms with E-state index >= 15 is 0 Å². The number of hydrogen-bond donors (Lipinski definition) is 1. The molecular formula is C27H33ClN6O2S. The average Bonchev–Trinajstić information content (AvgIpc) is 3.37. The van der Waals surface area contributed by atoms with Gasteiger partial charge in [0.1, 0.15) is 5.69 Å². The van der Waals surface area contributed by atoms with Crippen LogP contribution in [0.2, 0.25) is 5.02 Å². The molecule has 10 heteroatoms. The van der Waals surface area contributed by atoms with Crippen molar-refractivity contribution in [1.82, 2.24) is 24.6 Å². The number of nitrogens with zero attached hydrogens (tertiary/aromatic N) is 5. The van der Waals surface area contributed by atoms with Gasteiger partial charge in [-0.25, -0.2) is 4.98 Å². The van der Waals surface area contributed by atoms with E-state index < -0.39 is 0 Å². The second-order valence-electron chi connectivity index (χ2n) is 9.34. The number of aromatic nitrogens is 1. The molecule has 2 heterocycles. The molecule has 1 fully saturated rings. The highest BCUT2D eigenvalue weighted by Crippen LogP contribution is 2.23. The predicted molar refractivity (Wildman–Crippen MR) is 150 cm³/mol. The number of thiazole rings is 1. The summed E-state index contributed by atoms with van der Waals surface area (Å²) >= 11 is 7.33. The standard InChI is InChI=1S/C27H33ClN6O2S/c1-31(2)12-15-34(18-21-6-4-3-5-7-21)25(35)19-32-13-16-33(17-14-32)26(36)24-20-37-27(30-24)29-23-10-8-22(28)9-11-23/h3-11,20H,12-19H2,1-2H3,(H,29,30). The Kier molecular flexibility index (Phi) is 9.51. The van der Waals surface area contributed by atoms with Gasteiger partial charge in [0.05, 0.1) is 6.54 Å². The maximum absolute atomic E-state index is 13.2. The van der Waals surface area contributed by atoms with Gasteiger partial charge in [0.25, 0.3) is 5.91 Å². The average molecular weight is 541 g/mol. The first-order valence-electron chi connectivity index (χ1n) is 12.3. The molecule has 1 saturated heterocycles. The number of piperazine rings is 1. The molecular weight excluding hydrogens is 508 g/mol. The first kappa shape index (κ1) is 27.1. The van der Waals surface area contributed by atoms with Crippen molar-refractivity contribution >= 4 is 45.6 Å². The van der Waals surface area contributed by atoms with Crippen LogP contribution in [0.5, 0.6) is 0 Å². The van der Waals surface area contributed by atoms with Crippen molar-refractivity contribution in [2.24, 2.45) is 0 Å². The lowest BCUT2D eigenvalue weighted by Gasteiger charge is -2.35. The fourth-order valence-electron chi connectivity index (χ4n) is 4.06. The van der Waals surface area contributed by atoms with Gasteiger partial charge < -0.3 is 20.0 Å². The molecule has 0 saturated carbocycles. The normalized spacial score (nSPS) is 14.1. The molecule has 2 aromatic carbocycles. The van der Waals surface area contributed by atoms with E-state index in [4.69, 9.17) is 11.6 Å². The number of carbonyl (C=O) groups is 2. The van der Waals surface area contributed by atoms with Gasteiger partial charge in [-0.05, 0) is 43.9 Å². The SMILES string of the molecule is CN(C)CCN(Cc1ccccc1)C(=O)CN1CCN(C(=O)c2csc(Nc3ccc(Cl)cc3)n2)CC1. The molecule has 1 aliphatic rings. The third kappa shape index (κ3) is 8.00. The molecule has 0 spiro atoms. The molecule has 0 atom stereocenters. The summed E-state index contributed by atoms with van der Waals surface area (Å²) in [6.07, 6.45) is 0. The Morgan fingerprint density at radius 2 is 1.70 bits per heavy atom. The summed E-state index contributed by atoms with van der Waals surface area (Å²) in [5.41, 5.74) is 2.42. The van der Waals surface area contributed by atoms with Crippen molar-refractivity contribution in [1.29, 1.82) is 0 Å². The fraction of sp³-hybridized carbons (Fsp3) is 0.370. The largest absolute Gasteiger partial charge is 0.336 e. The minimum absolute atomic E-state index is 0.0805. The third-order valence-corrected chi connectivity index (χ3v) is 7.23. The van der Waals surface area contributed by atoms with Crippen LogP contribution in [0.25, 0.3) is 0 Å². The van der Waals surface area contributed by atoms with Crippen LogP contribution in [0.4, 0.5) is 10.8 Å². The number of anilines is 2. The topological polar surface area (TPSA) is 72.0 Å². The maximum Gasteiger partial charge on any atom is 0.273 e. The Balaban J connectivity index is 1.28. The first-order valence-corrected chi connectivity index (χ1v) is 13.6. The van der Waals surface area contributed by atoms with Crippen molar-refractivity contribution in [3.8, 4) is 0 Å². The van der Waals surface area contributed by atoms with Crippen LogP contribution in [0.15, 0.2) is 60.0 Å². The van der Waals surface area contributed by atoms with Crippen molar-refractivity contribution in [2.75, 3.05) is 65.2 Å². The van der Waals surface area contributed by atoms with Gasteiger partial charge in [-0.1, -0.05) is 41.9 Å². The molecule has 0 aliphatic carbocycles. The first-order chi connectivity index (χ1) is 17.9. The van der Waals surface area contributed by atoms with Gasteiger partial charge in [0, 0.05) is 61.9 Å². The number of halogens is 1. The Bertz CT molecular complexity index is 1160. The molecule has 3 aromatic rings. The quantitative estimate of drug-likeness (QED) is 0.421. The second kappa shape index (κ2) is 13.0. The number of carbonyl (C=O) groups excluding carboxylic acids is 2. The van der Waals surface area contributed by atoms with E-state index in [0.29, 0.717) is 61.7 Å². The van der Waals surface area contributed by atoms with E-state index in [2.05, 4.69) is 32.2 Å². The van der Waals surface area contributed by atoms with Gasteiger partial charge in [-0.2, -0.15) is 0 Å². The highest BCUT2D eigenvalue weighted by molar-refractivity contribution is 7.14. The molecule has 1 aliphatic heterocycles. The zero-order valence-corrected chi connectivity index (χ0v) is 22.8. The van der Waals surface area contributed by atoms with E-state index in [1.54, 1.807) is 17.5 Å². The Morgan fingerprint density at radius 1 is 1.00 bits per heavy atom. The van der Waals surface area contributed by atoms with E-state index in [1.165, 1.54) is 11.3 Å².